The van der Waals surface area contributed by atoms with Crippen LogP contribution in [-0.2, 0) is 16.0 Å². The molecule has 4 rings (SSSR count). The van der Waals surface area contributed by atoms with Crippen LogP contribution in [0.5, 0.6) is 0 Å². The maximum atomic E-state index is 14.7. The van der Waals surface area contributed by atoms with E-state index in [-0.39, 0.29) is 65.1 Å². The molecule has 1 aliphatic heterocycles. The van der Waals surface area contributed by atoms with Crippen LogP contribution < -0.4 is 40.0 Å². The van der Waals surface area contributed by atoms with Gasteiger partial charge in [0.1, 0.15) is 11.4 Å². The van der Waals surface area contributed by atoms with Crippen molar-refractivity contribution in [2.45, 2.75) is 65.0 Å². The summed E-state index contributed by atoms with van der Waals surface area (Å²) < 4.78 is 28.7. The molecule has 0 bridgehead atoms. The van der Waals surface area contributed by atoms with E-state index in [1.54, 1.807) is 29.2 Å². The molecule has 0 atom stereocenters. The Hall–Kier alpha value is -2.62. The number of aliphatic carboxylic acids is 1. The average molecular weight is 562 g/mol. The number of carbonyl (C=O) groups excluding carboxylic acids is 3. The third-order valence-electron chi connectivity index (χ3n) is 7.94. The monoisotopic (exact) mass is 561 g/mol. The van der Waals surface area contributed by atoms with Gasteiger partial charge >= 0.3 is 29.6 Å². The number of carboxylic acids is 1. The molecule has 2 aromatic carbocycles. The Morgan fingerprint density at radius 2 is 1.75 bits per heavy atom. The van der Waals surface area contributed by atoms with E-state index in [9.17, 15) is 28.3 Å². The molecule has 2 aliphatic rings. The van der Waals surface area contributed by atoms with Crippen LogP contribution in [0.15, 0.2) is 47.5 Å². The predicted octanol–water partition coefficient (Wildman–Crippen LogP) is 0.645. The summed E-state index contributed by atoms with van der Waals surface area (Å²) in [6, 6.07) is 10.6. The predicted molar refractivity (Wildman–Crippen MR) is 141 cm³/mol. The van der Waals surface area contributed by atoms with Crippen LogP contribution in [0.1, 0.15) is 74.4 Å². The fourth-order valence-corrected chi connectivity index (χ4v) is 5.58. The Bertz CT molecular complexity index is 1280. The standard InChI is InChI=1S/C30H35F2N3O4.Na/c1-29(2,3)21-11-15-30(16-12-21)34-26(22-5-4-6-23(31)25(22)32)28(39)35(30)18-14-19-7-9-20(10-8-19)27(38)33-17-13-24(36)37;/h4-10,21H,11-18H2,1-3H3,(H,33,38)(H,36,37);/q;+1/p-1. The normalized spacial score (nSPS) is 20.7. The molecule has 1 saturated carbocycles. The largest absolute Gasteiger partial charge is 1.00 e. The molecule has 10 heteroatoms. The third kappa shape index (κ3) is 6.98. The van der Waals surface area contributed by atoms with Crippen molar-refractivity contribution < 1.29 is 57.8 Å². The fourth-order valence-electron chi connectivity index (χ4n) is 5.58. The van der Waals surface area contributed by atoms with Gasteiger partial charge in [0, 0.05) is 36.6 Å². The van der Waals surface area contributed by atoms with Crippen LogP contribution >= 0.6 is 0 Å². The van der Waals surface area contributed by atoms with Gasteiger partial charge in [0.25, 0.3) is 11.8 Å². The number of rotatable bonds is 8. The Kier molecular flexibility index (Phi) is 10.3. The van der Waals surface area contributed by atoms with Gasteiger partial charge in [-0.05, 0) is 73.3 Å². The number of amides is 2. The van der Waals surface area contributed by atoms with Crippen LogP contribution in [0.4, 0.5) is 8.78 Å². The molecule has 7 nitrogen and oxygen atoms in total. The molecule has 0 radical (unpaired) electrons. The van der Waals surface area contributed by atoms with E-state index >= 15 is 0 Å². The summed E-state index contributed by atoms with van der Waals surface area (Å²) >= 11 is 0. The van der Waals surface area contributed by atoms with Gasteiger partial charge in [0.15, 0.2) is 11.6 Å². The summed E-state index contributed by atoms with van der Waals surface area (Å²) in [5.74, 6) is -3.65. The van der Waals surface area contributed by atoms with E-state index < -0.39 is 29.2 Å². The van der Waals surface area contributed by atoms with Crippen molar-refractivity contribution in [2.24, 2.45) is 16.3 Å². The van der Waals surface area contributed by atoms with Crippen LogP contribution in [0, 0.1) is 23.0 Å². The van der Waals surface area contributed by atoms with Crippen LogP contribution in [-0.4, -0.2) is 47.1 Å². The van der Waals surface area contributed by atoms with Gasteiger partial charge in [-0.2, -0.15) is 0 Å². The quantitative estimate of drug-likeness (QED) is 0.478. The Morgan fingerprint density at radius 1 is 1.10 bits per heavy atom. The number of hydrogen-bond donors (Lipinski definition) is 1. The second-order valence-corrected chi connectivity index (χ2v) is 11.5. The first-order chi connectivity index (χ1) is 18.4. The Morgan fingerprint density at radius 3 is 2.35 bits per heavy atom. The number of nitrogens with zero attached hydrogens (tertiary/aromatic N) is 2. The van der Waals surface area contributed by atoms with E-state index in [0.29, 0.717) is 37.3 Å². The van der Waals surface area contributed by atoms with E-state index in [1.807, 2.05) is 0 Å². The molecule has 1 spiro atoms. The molecule has 0 saturated heterocycles. The summed E-state index contributed by atoms with van der Waals surface area (Å²) in [5, 5.41) is 13.1. The number of benzene rings is 2. The third-order valence-corrected chi connectivity index (χ3v) is 7.94. The number of carbonyl (C=O) groups is 3. The molecule has 1 fully saturated rings. The molecule has 2 amide bonds. The first kappa shape index (κ1) is 31.9. The summed E-state index contributed by atoms with van der Waals surface area (Å²) in [5.41, 5.74) is 0.441. The van der Waals surface area contributed by atoms with Gasteiger partial charge < -0.3 is 20.1 Å². The first-order valence-electron chi connectivity index (χ1n) is 13.3. The number of nitrogens with one attached hydrogen (secondary N) is 1. The van der Waals surface area contributed by atoms with Crippen LogP contribution in [0.2, 0.25) is 0 Å². The maximum Gasteiger partial charge on any atom is 1.00 e. The van der Waals surface area contributed by atoms with Crippen molar-refractivity contribution in [1.29, 1.82) is 0 Å². The number of aliphatic imine (C=N–C) groups is 1. The molecule has 1 N–H and O–H groups in total. The number of hydrogen-bond acceptors (Lipinski definition) is 5. The maximum absolute atomic E-state index is 14.7. The van der Waals surface area contributed by atoms with Crippen molar-refractivity contribution in [1.82, 2.24) is 10.2 Å². The second-order valence-electron chi connectivity index (χ2n) is 11.5. The fraction of sp³-hybridized carbons (Fsp3) is 0.467. The molecule has 0 unspecified atom stereocenters. The number of halogens is 2. The van der Waals surface area contributed by atoms with Gasteiger partial charge in [-0.1, -0.05) is 39.0 Å². The van der Waals surface area contributed by atoms with Crippen molar-refractivity contribution in [3.05, 3.63) is 70.8 Å². The van der Waals surface area contributed by atoms with E-state index in [2.05, 4.69) is 26.1 Å². The minimum Gasteiger partial charge on any atom is -0.550 e. The molecular formula is C30H34F2N3NaO4. The minimum atomic E-state index is -1.24. The molecule has 1 aliphatic carbocycles. The summed E-state index contributed by atoms with van der Waals surface area (Å²) in [6.07, 6.45) is 3.25. The van der Waals surface area contributed by atoms with Crippen molar-refractivity contribution in [3.63, 3.8) is 0 Å². The van der Waals surface area contributed by atoms with Gasteiger partial charge in [-0.15, -0.1) is 0 Å². The summed E-state index contributed by atoms with van der Waals surface area (Å²) in [6.45, 7) is 6.93. The molecule has 208 valence electrons. The first-order valence-corrected chi connectivity index (χ1v) is 13.3. The topological polar surface area (TPSA) is 102 Å². The molecule has 0 aromatic heterocycles. The molecular weight excluding hydrogens is 527 g/mol. The van der Waals surface area contributed by atoms with Crippen molar-refractivity contribution >= 4 is 23.5 Å². The van der Waals surface area contributed by atoms with Crippen LogP contribution in [0.3, 0.4) is 0 Å². The van der Waals surface area contributed by atoms with Gasteiger partial charge in [-0.3, -0.25) is 14.6 Å². The summed E-state index contributed by atoms with van der Waals surface area (Å²) in [7, 11) is 0. The Balaban J connectivity index is 0.00000441. The van der Waals surface area contributed by atoms with Crippen molar-refractivity contribution in [3.8, 4) is 0 Å². The molecule has 40 heavy (non-hydrogen) atoms. The minimum absolute atomic E-state index is 0. The van der Waals surface area contributed by atoms with Gasteiger partial charge in [0.05, 0.1) is 0 Å². The van der Waals surface area contributed by atoms with Crippen LogP contribution in [0.25, 0.3) is 0 Å². The number of carboxylic acid groups (broad SMARTS) is 1. The molecule has 1 heterocycles. The Labute approximate surface area is 255 Å². The average Bonchev–Trinajstić information content (AvgIpc) is 3.14. The van der Waals surface area contributed by atoms with E-state index in [1.165, 1.54) is 12.1 Å². The zero-order valence-electron chi connectivity index (χ0n) is 23.6. The zero-order valence-corrected chi connectivity index (χ0v) is 25.6. The second kappa shape index (κ2) is 12.9. The summed E-state index contributed by atoms with van der Waals surface area (Å²) in [4.78, 5) is 42.9. The van der Waals surface area contributed by atoms with E-state index in [0.717, 1.165) is 24.5 Å². The van der Waals surface area contributed by atoms with Crippen molar-refractivity contribution in [2.75, 3.05) is 13.1 Å². The van der Waals surface area contributed by atoms with Gasteiger partial charge in [-0.25, -0.2) is 8.78 Å². The van der Waals surface area contributed by atoms with Gasteiger partial charge in [0.2, 0.25) is 0 Å². The molecule has 2 aromatic rings. The van der Waals surface area contributed by atoms with E-state index in [4.69, 9.17) is 4.99 Å². The zero-order chi connectivity index (χ0) is 28.4. The smallest absolute Gasteiger partial charge is 0.550 e. The SMILES string of the molecule is CC(C)(C)C1CCC2(CC1)N=C(c1cccc(F)c1F)C(=O)N2CCc1ccc(C(=O)NCCC(=O)[O-])cc1.[Na+].